The maximum Gasteiger partial charge on any atom is 0.142 e. The van der Waals surface area contributed by atoms with E-state index in [1.165, 1.54) is 64.2 Å². The molecule has 1 nitrogen and oxygen atoms in total. The van der Waals surface area contributed by atoms with Gasteiger partial charge in [-0.2, -0.15) is 0 Å². The van der Waals surface area contributed by atoms with Gasteiger partial charge in [-0.15, -0.1) is 0 Å². The van der Waals surface area contributed by atoms with Crippen molar-refractivity contribution in [3.63, 3.8) is 0 Å². The van der Waals surface area contributed by atoms with Crippen LogP contribution in [0, 0.1) is 46.3 Å². The summed E-state index contributed by atoms with van der Waals surface area (Å²) in [5.74, 6) is 5.80. The number of hydrogen-bond acceptors (Lipinski definition) is 0. The van der Waals surface area contributed by atoms with Gasteiger partial charge in [0.15, 0.2) is 0 Å². The highest BCUT2D eigenvalue weighted by Gasteiger charge is 2.59. The molecule has 0 spiro atoms. The first kappa shape index (κ1) is 28.7. The van der Waals surface area contributed by atoms with Crippen LogP contribution >= 0.6 is 0 Å². The van der Waals surface area contributed by atoms with Crippen LogP contribution in [0.1, 0.15) is 127 Å². The molecule has 184 valence electrons. The molecular weight excluding hydrogens is 374 g/mol. The van der Waals surface area contributed by atoms with Crippen molar-refractivity contribution < 1.29 is 4.58 Å². The fourth-order valence-corrected chi connectivity index (χ4v) is 8.51. The van der Waals surface area contributed by atoms with Gasteiger partial charge in [0, 0.05) is 6.42 Å². The summed E-state index contributed by atoms with van der Waals surface area (Å²) in [5.41, 5.74) is 1.18. The second-order valence-corrected chi connectivity index (χ2v) is 11.3. The predicted octanol–water partition coefficient (Wildman–Crippen LogP) is 9.09. The van der Waals surface area contributed by atoms with Crippen LogP contribution in [0.25, 0.3) is 0 Å². The molecule has 31 heavy (non-hydrogen) atoms. The summed E-state index contributed by atoms with van der Waals surface area (Å²) in [6.45, 7) is 26.2. The Kier molecular flexibility index (Phi) is 11.8. The van der Waals surface area contributed by atoms with Crippen molar-refractivity contribution in [2.24, 2.45) is 46.3 Å². The molecule has 0 amide bonds. The van der Waals surface area contributed by atoms with Crippen LogP contribution in [-0.4, -0.2) is 24.9 Å². The monoisotopic (exact) mass is 434 g/mol. The topological polar surface area (TPSA) is 3.01 Å². The van der Waals surface area contributed by atoms with Gasteiger partial charge in [0.1, 0.15) is 20.3 Å². The SMILES string of the molecule is C=[N+](C)CCC[C@H]1CCCC2C3CC[C@H](CC)C(C)(CC)C3C[C@H](C)[C@@]21C.CC.CC. The standard InChI is InChI=1S/C26H48N.2C2H6/c1-8-20-15-16-22-23-14-10-12-21(13-11-17-27(6)7)26(23,5)19(3)18-24(22)25(20,4)9-2;2*1-2/h19-24H,6,8-18H2,1-5,7H3;2*1-2H3/q+1;;/t19-,20-,21+,22?,23?,24?,25?,26+;;/m0../s1. The molecule has 0 radical (unpaired) electrons. The molecule has 3 fully saturated rings. The summed E-state index contributed by atoms with van der Waals surface area (Å²) in [4.78, 5) is 0. The lowest BCUT2D eigenvalue weighted by Gasteiger charge is -2.65. The molecule has 3 aliphatic rings. The van der Waals surface area contributed by atoms with Crippen LogP contribution in [0.5, 0.6) is 0 Å². The zero-order chi connectivity index (χ0) is 23.8. The highest BCUT2D eigenvalue weighted by molar-refractivity contribution is 5.14. The molecular formula is C30H60N+. The van der Waals surface area contributed by atoms with E-state index in [1.54, 1.807) is 0 Å². The van der Waals surface area contributed by atoms with E-state index in [0.29, 0.717) is 10.8 Å². The number of nitrogens with zero attached hydrogens (tertiary/aromatic N) is 1. The molecule has 0 aromatic rings. The minimum absolute atomic E-state index is 0.590. The predicted molar refractivity (Wildman–Crippen MR) is 141 cm³/mol. The van der Waals surface area contributed by atoms with Crippen molar-refractivity contribution in [1.82, 2.24) is 0 Å². The van der Waals surface area contributed by atoms with Crippen LogP contribution in [0.15, 0.2) is 0 Å². The van der Waals surface area contributed by atoms with E-state index in [2.05, 4.69) is 53.0 Å². The summed E-state index contributed by atoms with van der Waals surface area (Å²) in [7, 11) is 2.12. The molecule has 0 N–H and O–H groups in total. The molecule has 0 aliphatic heterocycles. The van der Waals surface area contributed by atoms with Gasteiger partial charge < -0.3 is 0 Å². The van der Waals surface area contributed by atoms with Crippen LogP contribution in [0.4, 0.5) is 0 Å². The molecule has 0 bridgehead atoms. The van der Waals surface area contributed by atoms with Crippen LogP contribution in [-0.2, 0) is 0 Å². The Labute approximate surface area is 197 Å². The van der Waals surface area contributed by atoms with E-state index in [9.17, 15) is 0 Å². The van der Waals surface area contributed by atoms with E-state index in [0.717, 1.165) is 42.1 Å². The smallest absolute Gasteiger partial charge is 0.142 e. The van der Waals surface area contributed by atoms with Crippen molar-refractivity contribution in [2.45, 2.75) is 127 Å². The third kappa shape index (κ3) is 5.60. The number of hydrogen-bond donors (Lipinski definition) is 0. The lowest BCUT2D eigenvalue weighted by atomic mass is 9.40. The first-order chi connectivity index (χ1) is 14.8. The van der Waals surface area contributed by atoms with Gasteiger partial charge in [-0.3, -0.25) is 0 Å². The molecule has 0 aromatic heterocycles. The summed E-state index contributed by atoms with van der Waals surface area (Å²) in [5, 5.41) is 0. The molecule has 3 saturated carbocycles. The van der Waals surface area contributed by atoms with Gasteiger partial charge in [-0.05, 0) is 84.9 Å². The van der Waals surface area contributed by atoms with E-state index < -0.39 is 0 Å². The van der Waals surface area contributed by atoms with Gasteiger partial charge in [-0.25, -0.2) is 4.58 Å². The zero-order valence-electron chi connectivity index (χ0n) is 23.4. The third-order valence-corrected chi connectivity index (χ3v) is 10.4. The summed E-state index contributed by atoms with van der Waals surface area (Å²) in [6, 6.07) is 0. The van der Waals surface area contributed by atoms with Gasteiger partial charge in [0.25, 0.3) is 0 Å². The molecule has 0 heterocycles. The normalized spacial score (nSPS) is 41.5. The summed E-state index contributed by atoms with van der Waals surface area (Å²) < 4.78 is 2.13. The fourth-order valence-electron chi connectivity index (χ4n) is 8.51. The zero-order valence-corrected chi connectivity index (χ0v) is 23.4. The van der Waals surface area contributed by atoms with Gasteiger partial charge in [-0.1, -0.05) is 81.6 Å². The molecule has 8 atom stereocenters. The summed E-state index contributed by atoms with van der Waals surface area (Å²) >= 11 is 0. The second kappa shape index (κ2) is 12.8. The second-order valence-electron chi connectivity index (χ2n) is 11.3. The molecule has 0 aromatic carbocycles. The summed E-state index contributed by atoms with van der Waals surface area (Å²) in [6.07, 6.45) is 14.6. The minimum atomic E-state index is 0.590. The maximum atomic E-state index is 4.06. The van der Waals surface area contributed by atoms with E-state index >= 15 is 0 Å². The molecule has 0 saturated heterocycles. The van der Waals surface area contributed by atoms with Crippen molar-refractivity contribution in [3.05, 3.63) is 0 Å². The number of fused-ring (bicyclic) bond motifs is 3. The lowest BCUT2D eigenvalue weighted by molar-refractivity contribution is -0.489. The maximum absolute atomic E-state index is 4.06. The van der Waals surface area contributed by atoms with Crippen molar-refractivity contribution >= 4 is 6.72 Å². The Bertz CT molecular complexity index is 525. The molecule has 3 rings (SSSR count). The van der Waals surface area contributed by atoms with Crippen LogP contribution in [0.3, 0.4) is 0 Å². The van der Waals surface area contributed by atoms with Crippen molar-refractivity contribution in [2.75, 3.05) is 13.6 Å². The van der Waals surface area contributed by atoms with E-state index in [-0.39, 0.29) is 0 Å². The fraction of sp³-hybridized carbons (Fsp3) is 0.967. The average Bonchev–Trinajstić information content (AvgIpc) is 2.78. The lowest BCUT2D eigenvalue weighted by Crippen LogP contribution is -2.58. The van der Waals surface area contributed by atoms with Crippen molar-refractivity contribution in [3.8, 4) is 0 Å². The van der Waals surface area contributed by atoms with Crippen LogP contribution in [0.2, 0.25) is 0 Å². The Morgan fingerprint density at radius 1 is 0.903 bits per heavy atom. The highest BCUT2D eigenvalue weighted by atomic mass is 14.9. The average molecular weight is 435 g/mol. The quantitative estimate of drug-likeness (QED) is 0.289. The van der Waals surface area contributed by atoms with Gasteiger partial charge in [0.2, 0.25) is 0 Å². The minimum Gasteiger partial charge on any atom is -0.245 e. The Morgan fingerprint density at radius 2 is 1.55 bits per heavy atom. The first-order valence-electron chi connectivity index (χ1n) is 14.3. The third-order valence-electron chi connectivity index (χ3n) is 10.4. The Hall–Kier alpha value is -0.330. The first-order valence-corrected chi connectivity index (χ1v) is 14.3. The molecule has 1 heteroatoms. The van der Waals surface area contributed by atoms with E-state index in [4.69, 9.17) is 0 Å². The Morgan fingerprint density at radius 3 is 2.10 bits per heavy atom. The Balaban J connectivity index is 0.00000113. The van der Waals surface area contributed by atoms with E-state index in [1.807, 2.05) is 27.7 Å². The highest BCUT2D eigenvalue weighted by Crippen LogP contribution is 2.67. The van der Waals surface area contributed by atoms with Crippen LogP contribution < -0.4 is 0 Å². The number of rotatable bonds is 6. The molecule has 3 aliphatic carbocycles. The molecule has 4 unspecified atom stereocenters. The van der Waals surface area contributed by atoms with Gasteiger partial charge >= 0.3 is 0 Å². The van der Waals surface area contributed by atoms with Crippen molar-refractivity contribution in [1.29, 1.82) is 0 Å². The van der Waals surface area contributed by atoms with Gasteiger partial charge in [0.05, 0.1) is 0 Å². The largest absolute Gasteiger partial charge is 0.245 e.